The highest BCUT2D eigenvalue weighted by molar-refractivity contribution is 7.87. The summed E-state index contributed by atoms with van der Waals surface area (Å²) in [5, 5.41) is 20.5. The van der Waals surface area contributed by atoms with Gasteiger partial charge in [-0.2, -0.15) is 8.42 Å². The Morgan fingerprint density at radius 2 is 1.41 bits per heavy atom. The third-order valence-corrected chi connectivity index (χ3v) is 7.33. The van der Waals surface area contributed by atoms with Gasteiger partial charge in [-0.25, -0.2) is 0 Å². The summed E-state index contributed by atoms with van der Waals surface area (Å²) >= 11 is 24.4. The first-order valence-corrected chi connectivity index (χ1v) is 10.9. The highest BCUT2D eigenvalue weighted by Crippen LogP contribution is 2.54. The fourth-order valence-corrected chi connectivity index (χ4v) is 5.54. The average molecular weight is 494 g/mol. The van der Waals surface area contributed by atoms with Crippen LogP contribution in [-0.4, -0.2) is 23.2 Å². The number of rotatable bonds is 4. The molecule has 1 unspecified atom stereocenters. The Hall–Kier alpha value is -1.67. The van der Waals surface area contributed by atoms with Crippen LogP contribution < -0.4 is 0 Å². The number of phenolic OH excluding ortho intramolecular Hbond substituents is 2. The molecule has 0 bridgehead atoms. The van der Waals surface area contributed by atoms with Crippen molar-refractivity contribution in [1.29, 1.82) is 0 Å². The van der Waals surface area contributed by atoms with E-state index in [-0.39, 0.29) is 26.2 Å². The van der Waals surface area contributed by atoms with Crippen molar-refractivity contribution < 1.29 is 23.2 Å². The smallest absolute Gasteiger partial charge is 0.283 e. The Morgan fingerprint density at radius 1 is 0.793 bits per heavy atom. The van der Waals surface area contributed by atoms with Crippen molar-refractivity contribution in [3.8, 4) is 11.5 Å². The molecule has 0 saturated carbocycles. The van der Waals surface area contributed by atoms with Crippen molar-refractivity contribution in [2.24, 2.45) is 0 Å². The summed E-state index contributed by atoms with van der Waals surface area (Å²) in [7, 11) is -5.16. The number of aromatic hydroxyl groups is 2. The second-order valence-corrected chi connectivity index (χ2v) is 9.23. The standard InChI is InChI=1S/C19H12Cl4O5S/c20-11-6-7-14(24)12(8-11)19(29(26,27)28,10-4-2-1-3-5-10)16-15(25)9-13(21)17(22)18(16)23/h1-9,24-25H,(H,26,27,28). The first-order valence-electron chi connectivity index (χ1n) is 7.90. The van der Waals surface area contributed by atoms with Gasteiger partial charge in [-0.1, -0.05) is 76.7 Å². The van der Waals surface area contributed by atoms with Gasteiger partial charge in [0.05, 0.1) is 15.1 Å². The molecule has 3 aromatic carbocycles. The first-order chi connectivity index (χ1) is 13.5. The van der Waals surface area contributed by atoms with Crippen molar-refractivity contribution in [3.63, 3.8) is 0 Å². The molecule has 29 heavy (non-hydrogen) atoms. The molecule has 0 aliphatic rings. The van der Waals surface area contributed by atoms with Gasteiger partial charge < -0.3 is 10.2 Å². The zero-order valence-electron chi connectivity index (χ0n) is 14.3. The van der Waals surface area contributed by atoms with Crippen LogP contribution in [0.2, 0.25) is 20.1 Å². The highest BCUT2D eigenvalue weighted by atomic mass is 35.5. The van der Waals surface area contributed by atoms with E-state index in [4.69, 9.17) is 46.4 Å². The summed E-state index contributed by atoms with van der Waals surface area (Å²) in [6, 6.07) is 12.0. The SMILES string of the molecule is O=S(=O)(O)C(c1ccccc1)(c1cc(Cl)ccc1O)c1c(O)cc(Cl)c(Cl)c1Cl. The molecule has 10 heteroatoms. The van der Waals surface area contributed by atoms with Gasteiger partial charge in [0, 0.05) is 22.2 Å². The Bertz CT molecular complexity index is 1200. The van der Waals surface area contributed by atoms with Crippen molar-refractivity contribution in [2.75, 3.05) is 0 Å². The molecule has 0 radical (unpaired) electrons. The van der Waals surface area contributed by atoms with E-state index in [9.17, 15) is 23.2 Å². The lowest BCUT2D eigenvalue weighted by Gasteiger charge is -2.34. The summed E-state index contributed by atoms with van der Waals surface area (Å²) in [6.07, 6.45) is 0. The zero-order chi connectivity index (χ0) is 21.6. The highest BCUT2D eigenvalue weighted by Gasteiger charge is 2.53. The molecule has 3 N–H and O–H groups in total. The minimum absolute atomic E-state index is 0.0318. The molecule has 0 heterocycles. The average Bonchev–Trinajstić information content (AvgIpc) is 2.65. The Balaban J connectivity index is 2.67. The Kier molecular flexibility index (Phi) is 5.98. The van der Waals surface area contributed by atoms with Gasteiger partial charge in [-0.15, -0.1) is 0 Å². The van der Waals surface area contributed by atoms with E-state index in [2.05, 4.69) is 0 Å². The topological polar surface area (TPSA) is 94.8 Å². The van der Waals surface area contributed by atoms with Gasteiger partial charge in [0.1, 0.15) is 11.5 Å². The monoisotopic (exact) mass is 492 g/mol. The molecular weight excluding hydrogens is 482 g/mol. The fraction of sp³-hybridized carbons (Fsp3) is 0.0526. The van der Waals surface area contributed by atoms with Crippen molar-refractivity contribution in [1.82, 2.24) is 0 Å². The zero-order valence-corrected chi connectivity index (χ0v) is 18.1. The lowest BCUT2D eigenvalue weighted by atomic mass is 9.83. The third kappa shape index (κ3) is 3.54. The molecule has 0 aliphatic carbocycles. The van der Waals surface area contributed by atoms with Gasteiger partial charge in [0.15, 0.2) is 4.75 Å². The van der Waals surface area contributed by atoms with Crippen molar-refractivity contribution in [2.45, 2.75) is 4.75 Å². The van der Waals surface area contributed by atoms with Crippen LogP contribution in [0.1, 0.15) is 16.7 Å². The maximum atomic E-state index is 13.0. The lowest BCUT2D eigenvalue weighted by Crippen LogP contribution is -2.38. The van der Waals surface area contributed by atoms with Gasteiger partial charge in [0.2, 0.25) is 0 Å². The van der Waals surface area contributed by atoms with Crippen LogP contribution in [0.25, 0.3) is 0 Å². The van der Waals surface area contributed by atoms with Crippen molar-refractivity contribution >= 4 is 56.5 Å². The predicted molar refractivity (Wildman–Crippen MR) is 114 cm³/mol. The fourth-order valence-electron chi connectivity index (χ4n) is 3.23. The number of benzene rings is 3. The number of hydrogen-bond acceptors (Lipinski definition) is 4. The van der Waals surface area contributed by atoms with Crippen LogP contribution >= 0.6 is 46.4 Å². The number of hydrogen-bond donors (Lipinski definition) is 3. The van der Waals surface area contributed by atoms with Gasteiger partial charge in [-0.3, -0.25) is 4.55 Å². The largest absolute Gasteiger partial charge is 0.508 e. The molecule has 0 spiro atoms. The minimum atomic E-state index is -5.16. The number of halogens is 4. The molecular formula is C19H12Cl4O5S. The molecule has 0 aliphatic heterocycles. The van der Waals surface area contributed by atoms with Crippen LogP contribution in [-0.2, 0) is 14.9 Å². The summed E-state index contributed by atoms with van der Waals surface area (Å²) < 4.78 is 33.9. The van der Waals surface area contributed by atoms with Gasteiger partial charge >= 0.3 is 0 Å². The van der Waals surface area contributed by atoms with E-state index in [1.165, 1.54) is 30.3 Å². The van der Waals surface area contributed by atoms with Crippen molar-refractivity contribution in [3.05, 3.63) is 91.4 Å². The van der Waals surface area contributed by atoms with E-state index in [1.54, 1.807) is 6.07 Å². The van der Waals surface area contributed by atoms with Crippen LogP contribution in [0.3, 0.4) is 0 Å². The predicted octanol–water partition coefficient (Wildman–Crippen LogP) is 5.89. The minimum Gasteiger partial charge on any atom is -0.508 e. The number of phenols is 2. The Morgan fingerprint density at radius 3 is 2.00 bits per heavy atom. The molecule has 0 fully saturated rings. The summed E-state index contributed by atoms with van der Waals surface area (Å²) in [6.45, 7) is 0. The molecule has 0 amide bonds. The Labute approximate surface area is 186 Å². The van der Waals surface area contributed by atoms with E-state index in [0.717, 1.165) is 18.2 Å². The molecule has 152 valence electrons. The van der Waals surface area contributed by atoms with Gasteiger partial charge in [-0.05, 0) is 23.8 Å². The molecule has 5 nitrogen and oxygen atoms in total. The maximum Gasteiger partial charge on any atom is 0.283 e. The quantitative estimate of drug-likeness (QED) is 0.239. The van der Waals surface area contributed by atoms with E-state index in [1.807, 2.05) is 0 Å². The van der Waals surface area contributed by atoms with Gasteiger partial charge in [0.25, 0.3) is 10.1 Å². The van der Waals surface area contributed by atoms with Crippen LogP contribution in [0.15, 0.2) is 54.6 Å². The maximum absolute atomic E-state index is 13.0. The molecule has 1 atom stereocenters. The molecule has 3 rings (SSSR count). The van der Waals surface area contributed by atoms with Crippen LogP contribution in [0.5, 0.6) is 11.5 Å². The molecule has 3 aromatic rings. The van der Waals surface area contributed by atoms with E-state index >= 15 is 0 Å². The second kappa shape index (κ2) is 7.87. The normalized spacial score (nSPS) is 13.8. The summed E-state index contributed by atoms with van der Waals surface area (Å²) in [4.78, 5) is 0. The second-order valence-electron chi connectivity index (χ2n) is 6.06. The first kappa shape index (κ1) is 22.0. The van der Waals surface area contributed by atoms with Crippen LogP contribution in [0, 0.1) is 0 Å². The van der Waals surface area contributed by atoms with E-state index < -0.39 is 37.0 Å². The van der Waals surface area contributed by atoms with Crippen LogP contribution in [0.4, 0.5) is 0 Å². The molecule has 0 saturated heterocycles. The van der Waals surface area contributed by atoms with E-state index in [0.29, 0.717) is 0 Å². The lowest BCUT2D eigenvalue weighted by molar-refractivity contribution is 0.428. The summed E-state index contributed by atoms with van der Waals surface area (Å²) in [5.41, 5.74) is -0.857. The summed E-state index contributed by atoms with van der Waals surface area (Å²) in [5.74, 6) is -1.18. The third-order valence-electron chi connectivity index (χ3n) is 4.40. The molecule has 0 aromatic heterocycles.